The predicted octanol–water partition coefficient (Wildman–Crippen LogP) is 4.10. The van der Waals surface area contributed by atoms with Crippen LogP contribution in [0, 0.1) is 0 Å². The topological polar surface area (TPSA) is 69.9 Å². The van der Waals surface area contributed by atoms with E-state index in [-0.39, 0.29) is 18.3 Å². The average molecular weight is 371 g/mol. The lowest BCUT2D eigenvalue weighted by molar-refractivity contribution is -0.0680. The summed E-state index contributed by atoms with van der Waals surface area (Å²) < 4.78 is 5.20. The fourth-order valence-corrected chi connectivity index (χ4v) is 2.98. The second-order valence-electron chi connectivity index (χ2n) is 5.88. The normalized spacial score (nSPS) is 11.3. The number of aliphatic hydroxyl groups excluding tert-OH is 1. The molecule has 0 radical (unpaired) electrons. The van der Waals surface area contributed by atoms with Gasteiger partial charge in [0.2, 0.25) is 0 Å². The molecule has 0 bridgehead atoms. The fraction of sp³-hybridized carbons (Fsp3) is 0.333. The van der Waals surface area contributed by atoms with E-state index in [0.29, 0.717) is 22.2 Å². The molecule has 2 aromatic rings. The highest BCUT2D eigenvalue weighted by Gasteiger charge is 2.13. The van der Waals surface area contributed by atoms with Crippen LogP contribution in [-0.4, -0.2) is 28.2 Å². The van der Waals surface area contributed by atoms with Gasteiger partial charge >= 0.3 is 0 Å². The van der Waals surface area contributed by atoms with Gasteiger partial charge < -0.3 is 20.1 Å². The van der Waals surface area contributed by atoms with Gasteiger partial charge in [-0.2, -0.15) is 0 Å². The highest BCUT2D eigenvalue weighted by Crippen LogP contribution is 2.33. The molecular weight excluding hydrogens is 351 g/mol. The van der Waals surface area contributed by atoms with Crippen LogP contribution in [-0.2, 0) is 6.42 Å². The molecule has 0 aliphatic heterocycles. The zero-order chi connectivity index (χ0) is 17.9. The monoisotopic (exact) mass is 370 g/mol. The van der Waals surface area contributed by atoms with Crippen LogP contribution < -0.4 is 4.74 Å². The molecule has 3 N–H and O–H groups in total. The Balaban J connectivity index is 2.25. The van der Waals surface area contributed by atoms with Crippen LogP contribution in [0.25, 0.3) is 0 Å². The van der Waals surface area contributed by atoms with Crippen molar-refractivity contribution in [1.29, 1.82) is 0 Å². The summed E-state index contributed by atoms with van der Waals surface area (Å²) in [6.45, 7) is 3.77. The number of halogens is 2. The molecule has 0 saturated heterocycles. The molecule has 4 nitrogen and oxygen atoms in total. The second-order valence-corrected chi connectivity index (χ2v) is 6.70. The molecule has 130 valence electrons. The quantitative estimate of drug-likeness (QED) is 0.669. The van der Waals surface area contributed by atoms with Crippen molar-refractivity contribution >= 4 is 23.2 Å². The van der Waals surface area contributed by atoms with E-state index >= 15 is 0 Å². The fourth-order valence-electron chi connectivity index (χ4n) is 2.38. The Bertz CT molecular complexity index is 691. The van der Waals surface area contributed by atoms with Gasteiger partial charge in [0.25, 0.3) is 0 Å². The molecule has 0 spiro atoms. The maximum absolute atomic E-state index is 9.91. The first kappa shape index (κ1) is 18.9. The van der Waals surface area contributed by atoms with Crippen molar-refractivity contribution in [3.05, 3.63) is 57.1 Å². The molecule has 0 amide bonds. The molecule has 0 atom stereocenters. The number of phenols is 1. The molecule has 0 heterocycles. The summed E-state index contributed by atoms with van der Waals surface area (Å²) in [5.74, 6) is 0.851. The number of hydrogen-bond acceptors (Lipinski definition) is 4. The number of benzene rings is 2. The maximum Gasteiger partial charge on any atom is 0.186 e. The lowest BCUT2D eigenvalue weighted by Gasteiger charge is -2.14. The molecule has 0 aliphatic carbocycles. The van der Waals surface area contributed by atoms with E-state index in [2.05, 4.69) is 0 Å². The van der Waals surface area contributed by atoms with E-state index < -0.39 is 6.29 Å². The smallest absolute Gasteiger partial charge is 0.186 e. The average Bonchev–Trinajstić information content (AvgIpc) is 2.50. The summed E-state index contributed by atoms with van der Waals surface area (Å²) in [7, 11) is 0. The van der Waals surface area contributed by atoms with Gasteiger partial charge in [0.15, 0.2) is 6.29 Å². The van der Waals surface area contributed by atoms with E-state index in [4.69, 9.17) is 38.2 Å². The van der Waals surface area contributed by atoms with Crippen molar-refractivity contribution in [2.45, 2.75) is 32.5 Å². The Morgan fingerprint density at radius 1 is 1.04 bits per heavy atom. The third kappa shape index (κ3) is 4.77. The van der Waals surface area contributed by atoms with Crippen LogP contribution in [0.1, 0.15) is 36.5 Å². The van der Waals surface area contributed by atoms with Gasteiger partial charge in [0.05, 0.1) is 0 Å². The summed E-state index contributed by atoms with van der Waals surface area (Å²) in [4.78, 5) is 0. The van der Waals surface area contributed by atoms with Crippen LogP contribution in [0.3, 0.4) is 0 Å². The van der Waals surface area contributed by atoms with Crippen LogP contribution in [0.5, 0.6) is 11.5 Å². The number of aromatic hydroxyl groups is 1. The van der Waals surface area contributed by atoms with Gasteiger partial charge in [-0.1, -0.05) is 49.2 Å². The van der Waals surface area contributed by atoms with Gasteiger partial charge in [-0.05, 0) is 40.8 Å². The Morgan fingerprint density at radius 3 is 2.21 bits per heavy atom. The first-order chi connectivity index (χ1) is 11.3. The van der Waals surface area contributed by atoms with Gasteiger partial charge in [-0.3, -0.25) is 0 Å². The first-order valence-electron chi connectivity index (χ1n) is 7.56. The number of hydrogen-bond donors (Lipinski definition) is 3. The zero-order valence-electron chi connectivity index (χ0n) is 13.5. The van der Waals surface area contributed by atoms with Crippen molar-refractivity contribution in [2.24, 2.45) is 0 Å². The van der Waals surface area contributed by atoms with E-state index in [0.717, 1.165) is 16.7 Å². The summed E-state index contributed by atoms with van der Waals surface area (Å²) in [6, 6.07) is 8.63. The molecule has 0 unspecified atom stereocenters. The van der Waals surface area contributed by atoms with Crippen molar-refractivity contribution in [3.63, 3.8) is 0 Å². The first-order valence-corrected chi connectivity index (χ1v) is 8.32. The molecule has 6 heteroatoms. The minimum Gasteiger partial charge on any atom is -0.508 e. The SMILES string of the molecule is CC(C)c1cc(Cc2c(Cl)cc(OCC(O)O)cc2Cl)ccc1O. The predicted molar refractivity (Wildman–Crippen MR) is 95.2 cm³/mol. The molecule has 2 rings (SSSR count). The number of ether oxygens (including phenoxy) is 1. The number of phenolic OH excluding ortho intramolecular Hbond substituents is 1. The third-order valence-electron chi connectivity index (χ3n) is 3.61. The lowest BCUT2D eigenvalue weighted by Crippen LogP contribution is -2.16. The van der Waals surface area contributed by atoms with Gasteiger partial charge in [0, 0.05) is 16.5 Å². The highest BCUT2D eigenvalue weighted by molar-refractivity contribution is 6.36. The van der Waals surface area contributed by atoms with Crippen molar-refractivity contribution in [3.8, 4) is 11.5 Å². The summed E-state index contributed by atoms with van der Waals surface area (Å²) >= 11 is 12.6. The number of rotatable bonds is 6. The molecular formula is C18H20Cl2O4. The maximum atomic E-state index is 9.91. The molecule has 0 fully saturated rings. The summed E-state index contributed by atoms with van der Waals surface area (Å²) in [5, 5.41) is 28.5. The highest BCUT2D eigenvalue weighted by atomic mass is 35.5. The largest absolute Gasteiger partial charge is 0.508 e. The van der Waals surface area contributed by atoms with Gasteiger partial charge in [-0.15, -0.1) is 0 Å². The molecule has 0 aromatic heterocycles. The van der Waals surface area contributed by atoms with E-state index in [1.165, 1.54) is 0 Å². The van der Waals surface area contributed by atoms with E-state index in [1.807, 2.05) is 26.0 Å². The second kappa shape index (κ2) is 8.08. The zero-order valence-corrected chi connectivity index (χ0v) is 15.0. The van der Waals surface area contributed by atoms with E-state index in [9.17, 15) is 5.11 Å². The molecule has 24 heavy (non-hydrogen) atoms. The van der Waals surface area contributed by atoms with Gasteiger partial charge in [-0.25, -0.2) is 0 Å². The Hall–Kier alpha value is -1.46. The molecule has 0 aliphatic rings. The molecule has 2 aromatic carbocycles. The third-order valence-corrected chi connectivity index (χ3v) is 4.28. The van der Waals surface area contributed by atoms with Crippen LogP contribution in [0.4, 0.5) is 0 Å². The van der Waals surface area contributed by atoms with Crippen LogP contribution in [0.2, 0.25) is 10.0 Å². The standard InChI is InChI=1S/C18H20Cl2O4/c1-10(2)13-5-11(3-4-17(13)21)6-14-15(19)7-12(8-16(14)20)24-9-18(22)23/h3-5,7-8,10,18,21-23H,6,9H2,1-2H3. The summed E-state index contributed by atoms with van der Waals surface area (Å²) in [5.41, 5.74) is 2.60. The number of aliphatic hydroxyl groups is 2. The Kier molecular flexibility index (Phi) is 6.35. The van der Waals surface area contributed by atoms with Crippen LogP contribution >= 0.6 is 23.2 Å². The Labute approximate surface area is 151 Å². The summed E-state index contributed by atoms with van der Waals surface area (Å²) in [6.07, 6.45) is -1.05. The van der Waals surface area contributed by atoms with Crippen molar-refractivity contribution in [1.82, 2.24) is 0 Å². The van der Waals surface area contributed by atoms with E-state index in [1.54, 1.807) is 18.2 Å². The molecule has 0 saturated carbocycles. The van der Waals surface area contributed by atoms with Crippen molar-refractivity contribution < 1.29 is 20.1 Å². The minimum atomic E-state index is -1.56. The van der Waals surface area contributed by atoms with Crippen molar-refractivity contribution in [2.75, 3.05) is 6.61 Å². The minimum absolute atomic E-state index is 0.205. The van der Waals surface area contributed by atoms with Crippen LogP contribution in [0.15, 0.2) is 30.3 Å². The lowest BCUT2D eigenvalue weighted by atomic mass is 9.96. The van der Waals surface area contributed by atoms with Gasteiger partial charge in [0.1, 0.15) is 18.1 Å². The Morgan fingerprint density at radius 2 is 1.67 bits per heavy atom.